The van der Waals surface area contributed by atoms with Gasteiger partial charge in [0.2, 0.25) is 6.29 Å². The molecule has 1 aromatic rings. The Hall–Kier alpha value is -2.08. The average molecular weight is 419 g/mol. The van der Waals surface area contributed by atoms with Crippen LogP contribution in [0.3, 0.4) is 0 Å². The Morgan fingerprint density at radius 1 is 0.967 bits per heavy atom. The first-order valence-corrected chi connectivity index (χ1v) is 11.3. The molecule has 2 aliphatic carbocycles. The molecule has 30 heavy (non-hydrogen) atoms. The van der Waals surface area contributed by atoms with Gasteiger partial charge in [-0.15, -0.1) is 0 Å². The number of carbonyl (C=O) groups is 2. The van der Waals surface area contributed by atoms with Gasteiger partial charge in [0.1, 0.15) is 6.10 Å². The molecule has 4 atom stereocenters. The van der Waals surface area contributed by atoms with Crippen molar-refractivity contribution in [2.45, 2.75) is 96.1 Å². The predicted molar refractivity (Wildman–Crippen MR) is 112 cm³/mol. The summed E-state index contributed by atoms with van der Waals surface area (Å²) in [6.07, 6.45) is 6.80. The van der Waals surface area contributed by atoms with Crippen molar-refractivity contribution < 1.29 is 28.9 Å². The number of aliphatic hydroxyl groups is 1. The molecule has 0 aliphatic heterocycles. The zero-order chi connectivity index (χ0) is 21.5. The minimum Gasteiger partial charge on any atom is -0.431 e. The molecule has 0 heterocycles. The number of hydrogen-bond donors (Lipinski definition) is 1. The van der Waals surface area contributed by atoms with Crippen molar-refractivity contribution >= 4 is 12.1 Å². The highest BCUT2D eigenvalue weighted by Gasteiger charge is 2.26. The maximum atomic E-state index is 12.4. The number of aliphatic hydroxyl groups excluding tert-OH is 1. The number of rotatable bonds is 7. The van der Waals surface area contributed by atoms with Gasteiger partial charge in [0.25, 0.3) is 0 Å². The Bertz CT molecular complexity index is 694. The van der Waals surface area contributed by atoms with E-state index in [0.29, 0.717) is 5.92 Å². The molecule has 1 unspecified atom stereocenters. The summed E-state index contributed by atoms with van der Waals surface area (Å²) in [6.45, 7) is 3.29. The van der Waals surface area contributed by atoms with Gasteiger partial charge in [0, 0.05) is 6.92 Å². The van der Waals surface area contributed by atoms with Crippen LogP contribution >= 0.6 is 0 Å². The second kappa shape index (κ2) is 10.8. The Balaban J connectivity index is 1.44. The third-order valence-corrected chi connectivity index (χ3v) is 6.31. The van der Waals surface area contributed by atoms with Crippen molar-refractivity contribution in [3.63, 3.8) is 0 Å². The summed E-state index contributed by atoms with van der Waals surface area (Å²) in [5, 5.41) is 10.00. The maximum Gasteiger partial charge on any atom is 0.511 e. The zero-order valence-corrected chi connectivity index (χ0v) is 18.0. The van der Waals surface area contributed by atoms with Crippen LogP contribution in [-0.2, 0) is 25.4 Å². The van der Waals surface area contributed by atoms with E-state index >= 15 is 0 Å². The van der Waals surface area contributed by atoms with E-state index in [1.165, 1.54) is 13.3 Å². The molecule has 0 spiro atoms. The summed E-state index contributed by atoms with van der Waals surface area (Å²) in [7, 11) is 0. The fourth-order valence-electron chi connectivity index (χ4n) is 4.41. The molecule has 0 amide bonds. The molecule has 6 heteroatoms. The number of carbonyl (C=O) groups excluding carboxylic acids is 2. The number of esters is 1. The molecular formula is C24H34O6. The van der Waals surface area contributed by atoms with Crippen LogP contribution < -0.4 is 0 Å². The van der Waals surface area contributed by atoms with Crippen LogP contribution in [0, 0.1) is 5.92 Å². The summed E-state index contributed by atoms with van der Waals surface area (Å²) < 4.78 is 15.7. The van der Waals surface area contributed by atoms with Crippen molar-refractivity contribution in [3.05, 3.63) is 35.4 Å². The topological polar surface area (TPSA) is 82.1 Å². The Morgan fingerprint density at radius 2 is 1.67 bits per heavy atom. The summed E-state index contributed by atoms with van der Waals surface area (Å²) >= 11 is 0. The van der Waals surface area contributed by atoms with Crippen molar-refractivity contribution in [2.24, 2.45) is 5.92 Å². The number of hydrogen-bond acceptors (Lipinski definition) is 6. The molecule has 0 aromatic heterocycles. The van der Waals surface area contributed by atoms with Gasteiger partial charge in [-0.1, -0.05) is 37.1 Å². The fraction of sp³-hybridized carbons (Fsp3) is 0.667. The smallest absolute Gasteiger partial charge is 0.431 e. The highest BCUT2D eigenvalue weighted by molar-refractivity contribution is 5.77. The molecule has 2 fully saturated rings. The lowest BCUT2D eigenvalue weighted by molar-refractivity contribution is -0.170. The van der Waals surface area contributed by atoms with Gasteiger partial charge in [-0.2, -0.15) is 0 Å². The van der Waals surface area contributed by atoms with E-state index in [-0.39, 0.29) is 12.2 Å². The first-order chi connectivity index (χ1) is 14.4. The van der Waals surface area contributed by atoms with Crippen LogP contribution in [-0.4, -0.2) is 35.7 Å². The predicted octanol–water partition coefficient (Wildman–Crippen LogP) is 4.87. The van der Waals surface area contributed by atoms with Crippen LogP contribution in [0.25, 0.3) is 0 Å². The van der Waals surface area contributed by atoms with E-state index in [1.807, 2.05) is 24.3 Å². The molecule has 1 aromatic carbocycles. The van der Waals surface area contributed by atoms with Crippen LogP contribution in [0.5, 0.6) is 0 Å². The van der Waals surface area contributed by atoms with Gasteiger partial charge in [-0.05, 0) is 68.9 Å². The van der Waals surface area contributed by atoms with Crippen LogP contribution in [0.4, 0.5) is 4.79 Å². The zero-order valence-electron chi connectivity index (χ0n) is 18.0. The maximum absolute atomic E-state index is 12.4. The molecule has 6 nitrogen and oxygen atoms in total. The van der Waals surface area contributed by atoms with E-state index in [4.69, 9.17) is 14.2 Å². The monoisotopic (exact) mass is 418 g/mol. The van der Waals surface area contributed by atoms with Crippen LogP contribution in [0.15, 0.2) is 24.3 Å². The van der Waals surface area contributed by atoms with E-state index in [0.717, 1.165) is 62.5 Å². The van der Waals surface area contributed by atoms with Crippen LogP contribution in [0.2, 0.25) is 0 Å². The third-order valence-electron chi connectivity index (χ3n) is 6.31. The minimum atomic E-state index is -1.00. The molecule has 3 rings (SSSR count). The minimum absolute atomic E-state index is 0.100. The molecule has 166 valence electrons. The van der Waals surface area contributed by atoms with Gasteiger partial charge in [0.05, 0.1) is 12.0 Å². The van der Waals surface area contributed by atoms with Crippen LogP contribution in [0.1, 0.15) is 82.3 Å². The van der Waals surface area contributed by atoms with E-state index < -0.39 is 24.3 Å². The standard InChI is InChI=1S/C24H34O6/c1-16(19-13-11-18(12-14-19)15-20-7-6-10-22(20)25)23(26)28-17(2)29-24(27)30-21-8-4-3-5-9-21/h11-14,16-17,20-22,25H,3-10,15H2,1-2H3/t16-,17?,20+,22-/m0/s1. The molecular weight excluding hydrogens is 384 g/mol. The van der Waals surface area contributed by atoms with E-state index in [1.54, 1.807) is 6.92 Å². The summed E-state index contributed by atoms with van der Waals surface area (Å²) in [5.41, 5.74) is 2.00. The lowest BCUT2D eigenvalue weighted by Crippen LogP contribution is -2.27. The van der Waals surface area contributed by atoms with Gasteiger partial charge in [-0.3, -0.25) is 4.79 Å². The largest absolute Gasteiger partial charge is 0.511 e. The second-order valence-electron chi connectivity index (χ2n) is 8.68. The highest BCUT2D eigenvalue weighted by Crippen LogP contribution is 2.29. The summed E-state index contributed by atoms with van der Waals surface area (Å²) in [6, 6.07) is 7.86. The van der Waals surface area contributed by atoms with Crippen molar-refractivity contribution in [1.82, 2.24) is 0 Å². The van der Waals surface area contributed by atoms with Crippen molar-refractivity contribution in [3.8, 4) is 0 Å². The first kappa shape index (κ1) is 22.6. The number of ether oxygens (including phenoxy) is 3. The molecule has 2 saturated carbocycles. The Kier molecular flexibility index (Phi) is 8.14. The second-order valence-corrected chi connectivity index (χ2v) is 8.68. The number of benzene rings is 1. The molecule has 2 aliphatic rings. The van der Waals surface area contributed by atoms with Crippen molar-refractivity contribution in [2.75, 3.05) is 0 Å². The SMILES string of the molecule is CC(OC(=O)OC1CCCCC1)OC(=O)[C@@H](C)c1ccc(C[C@H]2CCC[C@@H]2O)cc1. The van der Waals surface area contributed by atoms with Gasteiger partial charge in [-0.25, -0.2) is 4.79 Å². The molecule has 0 saturated heterocycles. The highest BCUT2D eigenvalue weighted by atomic mass is 16.8. The van der Waals surface area contributed by atoms with E-state index in [2.05, 4.69) is 0 Å². The molecule has 1 N–H and O–H groups in total. The fourth-order valence-corrected chi connectivity index (χ4v) is 4.41. The molecule has 0 bridgehead atoms. The van der Waals surface area contributed by atoms with Gasteiger partial charge >= 0.3 is 12.1 Å². The summed E-state index contributed by atoms with van der Waals surface area (Å²) in [4.78, 5) is 24.3. The van der Waals surface area contributed by atoms with Crippen molar-refractivity contribution in [1.29, 1.82) is 0 Å². The first-order valence-electron chi connectivity index (χ1n) is 11.3. The quantitative estimate of drug-likeness (QED) is 0.503. The summed E-state index contributed by atoms with van der Waals surface area (Å²) in [5.74, 6) is -0.604. The van der Waals surface area contributed by atoms with Gasteiger partial charge < -0.3 is 19.3 Å². The lowest BCUT2D eigenvalue weighted by Gasteiger charge is -2.23. The average Bonchev–Trinajstić information content (AvgIpc) is 3.13. The van der Waals surface area contributed by atoms with Gasteiger partial charge in [0.15, 0.2) is 0 Å². The Morgan fingerprint density at radius 3 is 2.30 bits per heavy atom. The molecule has 0 radical (unpaired) electrons. The lowest BCUT2D eigenvalue weighted by atomic mass is 9.93. The Labute approximate surface area is 178 Å². The normalized spacial score (nSPS) is 24.1. The van der Waals surface area contributed by atoms with E-state index in [9.17, 15) is 14.7 Å². The third kappa shape index (κ3) is 6.46.